The van der Waals surface area contributed by atoms with Crippen LogP contribution in [0.5, 0.6) is 0 Å². The van der Waals surface area contributed by atoms with Crippen LogP contribution in [0.1, 0.15) is 10.6 Å². The predicted molar refractivity (Wildman–Crippen MR) is 58.4 cm³/mol. The fourth-order valence-corrected chi connectivity index (χ4v) is 1.21. The molecule has 2 rings (SSSR count). The average molecular weight is 241 g/mol. The molecule has 0 aliphatic heterocycles. The number of aryl methyl sites for hydroxylation is 1. The largest absolute Gasteiger partial charge is 0.475 e. The van der Waals surface area contributed by atoms with E-state index in [2.05, 4.69) is 15.0 Å². The molecule has 0 spiro atoms. The zero-order valence-corrected chi connectivity index (χ0v) is 9.18. The summed E-state index contributed by atoms with van der Waals surface area (Å²) in [6, 6.07) is 1.64. The first-order valence-electron chi connectivity index (χ1n) is 4.21. The number of carbonyl (C=O) groups is 1. The van der Waals surface area contributed by atoms with Crippen molar-refractivity contribution in [2.75, 3.05) is 0 Å². The van der Waals surface area contributed by atoms with E-state index in [9.17, 15) is 4.79 Å². The zero-order valence-electron chi connectivity index (χ0n) is 8.36. The number of aromatic nitrogens is 4. The highest BCUT2D eigenvalue weighted by atomic mass is 35.5. The topological polar surface area (TPSA) is 80.9 Å². The van der Waals surface area contributed by atoms with Gasteiger partial charge >= 0.3 is 5.97 Å². The number of hydrogen-bond donors (Lipinski definition) is 1. The van der Waals surface area contributed by atoms with Gasteiger partial charge < -0.3 is 9.67 Å². The summed E-state index contributed by atoms with van der Waals surface area (Å²) >= 11 is 0. The van der Waals surface area contributed by atoms with Gasteiger partial charge in [0.05, 0.1) is 23.9 Å². The van der Waals surface area contributed by atoms with Gasteiger partial charge in [-0.3, -0.25) is 0 Å². The fourth-order valence-electron chi connectivity index (χ4n) is 1.21. The average Bonchev–Trinajstić information content (AvgIpc) is 2.64. The van der Waals surface area contributed by atoms with E-state index in [1.165, 1.54) is 6.20 Å². The molecular formula is C9H9ClN4O2. The van der Waals surface area contributed by atoms with Gasteiger partial charge in [0.25, 0.3) is 0 Å². The number of halogens is 1. The highest BCUT2D eigenvalue weighted by molar-refractivity contribution is 5.85. The van der Waals surface area contributed by atoms with E-state index in [0.717, 1.165) is 5.69 Å². The molecule has 0 aliphatic rings. The summed E-state index contributed by atoms with van der Waals surface area (Å²) in [7, 11) is 1.81. The Balaban J connectivity index is 0.00000128. The summed E-state index contributed by atoms with van der Waals surface area (Å²) in [6.07, 6.45) is 4.66. The van der Waals surface area contributed by atoms with Gasteiger partial charge in [0.1, 0.15) is 0 Å². The zero-order chi connectivity index (χ0) is 10.8. The molecule has 6 nitrogen and oxygen atoms in total. The maximum absolute atomic E-state index is 10.7. The van der Waals surface area contributed by atoms with Gasteiger partial charge in [-0.05, 0) is 6.07 Å². The Kier molecular flexibility index (Phi) is 3.57. The van der Waals surface area contributed by atoms with Crippen molar-refractivity contribution < 1.29 is 9.90 Å². The maximum atomic E-state index is 10.7. The Morgan fingerprint density at radius 1 is 1.50 bits per heavy atom. The van der Waals surface area contributed by atoms with Crippen molar-refractivity contribution in [3.8, 4) is 11.4 Å². The summed E-state index contributed by atoms with van der Waals surface area (Å²) in [5, 5.41) is 8.73. The van der Waals surface area contributed by atoms with Crippen LogP contribution in [0.15, 0.2) is 24.8 Å². The molecule has 0 unspecified atom stereocenters. The third kappa shape index (κ3) is 2.17. The lowest BCUT2D eigenvalue weighted by atomic mass is 10.3. The number of nitrogens with zero attached hydrogens (tertiary/aromatic N) is 4. The van der Waals surface area contributed by atoms with Gasteiger partial charge in [0, 0.05) is 13.2 Å². The van der Waals surface area contributed by atoms with Crippen molar-refractivity contribution in [3.05, 3.63) is 30.6 Å². The van der Waals surface area contributed by atoms with Gasteiger partial charge in [-0.25, -0.2) is 19.7 Å². The Hall–Kier alpha value is -1.95. The number of rotatable bonds is 2. The van der Waals surface area contributed by atoms with Crippen LogP contribution in [0.4, 0.5) is 0 Å². The number of carboxylic acid groups (broad SMARTS) is 1. The summed E-state index contributed by atoms with van der Waals surface area (Å²) in [5.74, 6) is -1.35. The van der Waals surface area contributed by atoms with Crippen molar-refractivity contribution in [1.29, 1.82) is 0 Å². The fraction of sp³-hybridized carbons (Fsp3) is 0.111. The molecule has 0 radical (unpaired) electrons. The first-order chi connectivity index (χ1) is 7.18. The lowest BCUT2D eigenvalue weighted by molar-refractivity contribution is 0.0683. The molecule has 0 aromatic carbocycles. The first-order valence-corrected chi connectivity index (χ1v) is 4.21. The predicted octanol–water partition coefficient (Wildman–Crippen LogP) is 0.997. The van der Waals surface area contributed by atoms with Crippen LogP contribution in [0.25, 0.3) is 11.4 Å². The van der Waals surface area contributed by atoms with Crippen molar-refractivity contribution in [1.82, 2.24) is 19.5 Å². The molecular weight excluding hydrogens is 232 g/mol. The highest BCUT2D eigenvalue weighted by Gasteiger charge is 2.09. The molecule has 7 heteroatoms. The minimum absolute atomic E-state index is 0. The van der Waals surface area contributed by atoms with E-state index >= 15 is 0 Å². The minimum atomic E-state index is -1.14. The molecule has 2 aromatic heterocycles. The SMILES string of the molecule is Cl.Cn1cncc1-c1ccnc(C(=O)O)n1. The Labute approximate surface area is 97.4 Å². The molecule has 2 heterocycles. The number of aromatic carboxylic acids is 1. The molecule has 0 atom stereocenters. The molecule has 16 heavy (non-hydrogen) atoms. The lowest BCUT2D eigenvalue weighted by Crippen LogP contribution is -2.05. The van der Waals surface area contributed by atoms with E-state index in [1.807, 2.05) is 7.05 Å². The molecule has 0 aliphatic carbocycles. The van der Waals surface area contributed by atoms with Crippen LogP contribution in [0.3, 0.4) is 0 Å². The molecule has 0 saturated heterocycles. The molecule has 0 saturated carbocycles. The molecule has 0 amide bonds. The lowest BCUT2D eigenvalue weighted by Gasteiger charge is -2.01. The van der Waals surface area contributed by atoms with E-state index in [4.69, 9.17) is 5.11 Å². The van der Waals surface area contributed by atoms with Crippen LogP contribution in [0.2, 0.25) is 0 Å². The van der Waals surface area contributed by atoms with Crippen LogP contribution in [0, 0.1) is 0 Å². The second-order valence-corrected chi connectivity index (χ2v) is 2.96. The second-order valence-electron chi connectivity index (χ2n) is 2.96. The van der Waals surface area contributed by atoms with Gasteiger partial charge in [-0.2, -0.15) is 0 Å². The summed E-state index contributed by atoms with van der Waals surface area (Å²) in [5.41, 5.74) is 1.29. The van der Waals surface area contributed by atoms with E-state index < -0.39 is 5.97 Å². The van der Waals surface area contributed by atoms with Crippen molar-refractivity contribution >= 4 is 18.4 Å². The second kappa shape index (κ2) is 4.71. The van der Waals surface area contributed by atoms with Gasteiger partial charge in [0.15, 0.2) is 0 Å². The Morgan fingerprint density at radius 2 is 2.25 bits per heavy atom. The summed E-state index contributed by atoms with van der Waals surface area (Å²) in [4.78, 5) is 22.1. The standard InChI is InChI=1S/C9H8N4O2.ClH/c1-13-5-10-4-7(13)6-2-3-11-8(12-6)9(14)15;/h2-5H,1H3,(H,14,15);1H. The maximum Gasteiger partial charge on any atom is 0.373 e. The smallest absolute Gasteiger partial charge is 0.373 e. The normalized spacial score (nSPS) is 9.56. The molecule has 84 valence electrons. The third-order valence-corrected chi connectivity index (χ3v) is 1.93. The minimum Gasteiger partial charge on any atom is -0.475 e. The summed E-state index contributed by atoms with van der Waals surface area (Å²) < 4.78 is 1.76. The van der Waals surface area contributed by atoms with Crippen LogP contribution < -0.4 is 0 Å². The molecule has 2 aromatic rings. The van der Waals surface area contributed by atoms with E-state index in [-0.39, 0.29) is 18.2 Å². The molecule has 0 fully saturated rings. The van der Waals surface area contributed by atoms with Crippen LogP contribution in [-0.4, -0.2) is 30.6 Å². The highest BCUT2D eigenvalue weighted by Crippen LogP contribution is 2.14. The summed E-state index contributed by atoms with van der Waals surface area (Å²) in [6.45, 7) is 0. The van der Waals surface area contributed by atoms with Gasteiger partial charge in [-0.15, -0.1) is 12.4 Å². The number of carboxylic acids is 1. The quantitative estimate of drug-likeness (QED) is 0.847. The molecule has 0 bridgehead atoms. The van der Waals surface area contributed by atoms with Crippen LogP contribution >= 0.6 is 12.4 Å². The Bertz CT molecular complexity index is 512. The molecule has 1 N–H and O–H groups in total. The number of hydrogen-bond acceptors (Lipinski definition) is 4. The third-order valence-electron chi connectivity index (χ3n) is 1.93. The van der Waals surface area contributed by atoms with Gasteiger partial charge in [0.2, 0.25) is 5.82 Å². The monoisotopic (exact) mass is 240 g/mol. The van der Waals surface area contributed by atoms with E-state index in [0.29, 0.717) is 5.69 Å². The first kappa shape index (κ1) is 12.1. The van der Waals surface area contributed by atoms with E-state index in [1.54, 1.807) is 23.2 Å². The van der Waals surface area contributed by atoms with Crippen molar-refractivity contribution in [2.24, 2.45) is 7.05 Å². The van der Waals surface area contributed by atoms with Crippen molar-refractivity contribution in [2.45, 2.75) is 0 Å². The van der Waals surface area contributed by atoms with Crippen LogP contribution in [-0.2, 0) is 7.05 Å². The van der Waals surface area contributed by atoms with Crippen molar-refractivity contribution in [3.63, 3.8) is 0 Å². The Morgan fingerprint density at radius 3 is 2.81 bits per heavy atom. The number of imidazole rings is 1. The van der Waals surface area contributed by atoms with Gasteiger partial charge in [-0.1, -0.05) is 0 Å².